The second-order valence-corrected chi connectivity index (χ2v) is 7.18. The topological polar surface area (TPSA) is 73.5 Å². The number of benzene rings is 2. The highest BCUT2D eigenvalue weighted by molar-refractivity contribution is 7.98. The summed E-state index contributed by atoms with van der Waals surface area (Å²) in [5.74, 6) is -0.114. The highest BCUT2D eigenvalue weighted by atomic mass is 32.2. The number of nitrogens with zero attached hydrogens (tertiary/aromatic N) is 1. The molecule has 27 heavy (non-hydrogen) atoms. The minimum absolute atomic E-state index is 0.114. The van der Waals surface area contributed by atoms with Crippen molar-refractivity contribution < 1.29 is 9.59 Å². The van der Waals surface area contributed by atoms with Crippen LogP contribution >= 0.6 is 11.8 Å². The van der Waals surface area contributed by atoms with E-state index in [1.807, 2.05) is 61.6 Å². The monoisotopic (exact) mass is 386 g/mol. The summed E-state index contributed by atoms with van der Waals surface area (Å²) >= 11 is 1.62. The molecule has 144 valence electrons. The molecule has 0 bridgehead atoms. The van der Waals surface area contributed by atoms with Gasteiger partial charge in [-0.2, -0.15) is 0 Å². The first-order chi connectivity index (χ1) is 13.0. The average molecular weight is 387 g/mol. The number of hydrogen-bond donors (Lipinski definition) is 3. The summed E-state index contributed by atoms with van der Waals surface area (Å²) in [5.41, 5.74) is 2.19. The number of urea groups is 1. The van der Waals surface area contributed by atoms with E-state index in [0.29, 0.717) is 18.7 Å². The first kappa shape index (κ1) is 20.8. The van der Waals surface area contributed by atoms with Gasteiger partial charge in [0.2, 0.25) is 0 Å². The van der Waals surface area contributed by atoms with Crippen LogP contribution in [0.3, 0.4) is 0 Å². The molecule has 0 unspecified atom stereocenters. The third-order valence-electron chi connectivity index (χ3n) is 3.81. The smallest absolute Gasteiger partial charge is 0.319 e. The molecule has 0 atom stereocenters. The van der Waals surface area contributed by atoms with Gasteiger partial charge in [-0.25, -0.2) is 4.79 Å². The zero-order valence-corrected chi connectivity index (χ0v) is 16.7. The third-order valence-corrected chi connectivity index (χ3v) is 4.54. The van der Waals surface area contributed by atoms with Crippen molar-refractivity contribution in [1.29, 1.82) is 0 Å². The summed E-state index contributed by atoms with van der Waals surface area (Å²) in [4.78, 5) is 27.4. The summed E-state index contributed by atoms with van der Waals surface area (Å²) in [5, 5.41) is 8.51. The second kappa shape index (κ2) is 10.6. The van der Waals surface area contributed by atoms with Crippen molar-refractivity contribution in [3.8, 4) is 0 Å². The lowest BCUT2D eigenvalue weighted by Gasteiger charge is -2.11. The molecule has 0 aliphatic heterocycles. The van der Waals surface area contributed by atoms with Crippen LogP contribution in [0.25, 0.3) is 0 Å². The fourth-order valence-electron chi connectivity index (χ4n) is 2.38. The van der Waals surface area contributed by atoms with Crippen molar-refractivity contribution in [3.05, 3.63) is 59.7 Å². The maximum atomic E-state index is 12.2. The van der Waals surface area contributed by atoms with Gasteiger partial charge in [0.05, 0.1) is 0 Å². The molecule has 0 aliphatic carbocycles. The van der Waals surface area contributed by atoms with E-state index in [0.717, 1.165) is 22.7 Å². The average Bonchev–Trinajstić information content (AvgIpc) is 2.66. The summed E-state index contributed by atoms with van der Waals surface area (Å²) in [7, 11) is 3.92. The number of nitrogens with one attached hydrogen (secondary N) is 3. The maximum absolute atomic E-state index is 12.2. The van der Waals surface area contributed by atoms with Crippen LogP contribution in [-0.4, -0.2) is 50.3 Å². The molecular formula is C20H26N4O2S. The van der Waals surface area contributed by atoms with Gasteiger partial charge < -0.3 is 20.9 Å². The Bertz CT molecular complexity index is 780. The quantitative estimate of drug-likeness (QED) is 0.610. The fourth-order valence-corrected chi connectivity index (χ4v) is 2.84. The van der Waals surface area contributed by atoms with Crippen LogP contribution in [-0.2, 0) is 6.54 Å². The van der Waals surface area contributed by atoms with E-state index in [1.165, 1.54) is 0 Å². The number of anilines is 1. The molecule has 2 rings (SSSR count). The Morgan fingerprint density at radius 2 is 1.81 bits per heavy atom. The largest absolute Gasteiger partial charge is 0.351 e. The number of rotatable bonds is 8. The zero-order valence-electron chi connectivity index (χ0n) is 15.9. The van der Waals surface area contributed by atoms with Crippen molar-refractivity contribution in [2.45, 2.75) is 11.4 Å². The molecule has 2 aromatic carbocycles. The Balaban J connectivity index is 1.86. The Morgan fingerprint density at radius 1 is 1.04 bits per heavy atom. The molecule has 2 aromatic rings. The number of hydrogen-bond acceptors (Lipinski definition) is 4. The minimum Gasteiger partial charge on any atom is -0.351 e. The predicted molar refractivity (Wildman–Crippen MR) is 111 cm³/mol. The van der Waals surface area contributed by atoms with E-state index in [9.17, 15) is 9.59 Å². The SMILES string of the molecule is CSc1cccc(NC(=O)NCc2cccc(C(=O)NCCN(C)C)c2)c1. The highest BCUT2D eigenvalue weighted by Gasteiger charge is 2.07. The Labute approximate surface area is 164 Å². The molecule has 0 heterocycles. The van der Waals surface area contributed by atoms with Gasteiger partial charge in [0, 0.05) is 35.8 Å². The Morgan fingerprint density at radius 3 is 2.56 bits per heavy atom. The Hall–Kier alpha value is -2.51. The lowest BCUT2D eigenvalue weighted by atomic mass is 10.1. The van der Waals surface area contributed by atoms with Gasteiger partial charge in [0.25, 0.3) is 5.91 Å². The van der Waals surface area contributed by atoms with Crippen LogP contribution in [0.15, 0.2) is 53.4 Å². The third kappa shape index (κ3) is 7.32. The normalized spacial score (nSPS) is 10.5. The predicted octanol–water partition coefficient (Wildman–Crippen LogP) is 3.02. The molecule has 0 aromatic heterocycles. The Kier molecular flexibility index (Phi) is 8.16. The van der Waals surface area contributed by atoms with Gasteiger partial charge in [-0.15, -0.1) is 11.8 Å². The number of amides is 3. The molecule has 0 fully saturated rings. The van der Waals surface area contributed by atoms with Crippen molar-refractivity contribution in [1.82, 2.24) is 15.5 Å². The van der Waals surface area contributed by atoms with E-state index in [4.69, 9.17) is 0 Å². The van der Waals surface area contributed by atoms with Gasteiger partial charge in [0.1, 0.15) is 0 Å². The summed E-state index contributed by atoms with van der Waals surface area (Å²) in [6, 6.07) is 14.6. The molecule has 6 nitrogen and oxygen atoms in total. The molecule has 7 heteroatoms. The van der Waals surface area contributed by atoms with E-state index in [-0.39, 0.29) is 11.9 Å². The van der Waals surface area contributed by atoms with E-state index >= 15 is 0 Å². The molecule has 0 radical (unpaired) electrons. The van der Waals surface area contributed by atoms with Crippen molar-refractivity contribution >= 4 is 29.4 Å². The van der Waals surface area contributed by atoms with E-state index in [2.05, 4.69) is 16.0 Å². The molecule has 0 saturated heterocycles. The van der Waals surface area contributed by atoms with Crippen molar-refractivity contribution in [3.63, 3.8) is 0 Å². The zero-order chi connectivity index (χ0) is 19.6. The second-order valence-electron chi connectivity index (χ2n) is 6.30. The molecular weight excluding hydrogens is 360 g/mol. The van der Waals surface area contributed by atoms with E-state index in [1.54, 1.807) is 23.9 Å². The van der Waals surface area contributed by atoms with Gasteiger partial charge in [-0.05, 0) is 56.2 Å². The number of carbonyl (C=O) groups excluding carboxylic acids is 2. The number of likely N-dealkylation sites (N-methyl/N-ethyl adjacent to an activating group) is 1. The molecule has 0 spiro atoms. The van der Waals surface area contributed by atoms with Crippen LogP contribution in [0, 0.1) is 0 Å². The standard InChI is InChI=1S/C20H26N4O2S/c1-24(2)11-10-21-19(25)16-7-4-6-15(12-16)14-22-20(26)23-17-8-5-9-18(13-17)27-3/h4-9,12-13H,10-11,14H2,1-3H3,(H,21,25)(H2,22,23,26). The van der Waals surface area contributed by atoms with Crippen LogP contribution < -0.4 is 16.0 Å². The molecule has 3 N–H and O–H groups in total. The van der Waals surface area contributed by atoms with Crippen LogP contribution in [0.1, 0.15) is 15.9 Å². The molecule has 0 aliphatic rings. The minimum atomic E-state index is -0.283. The first-order valence-corrected chi connectivity index (χ1v) is 9.91. The molecule has 0 saturated carbocycles. The van der Waals surface area contributed by atoms with Crippen LogP contribution in [0.4, 0.5) is 10.5 Å². The van der Waals surface area contributed by atoms with Gasteiger partial charge >= 0.3 is 6.03 Å². The summed E-state index contributed by atoms with van der Waals surface area (Å²) in [6.07, 6.45) is 1.99. The number of carbonyl (C=O) groups is 2. The highest BCUT2D eigenvalue weighted by Crippen LogP contribution is 2.18. The van der Waals surface area contributed by atoms with Crippen molar-refractivity contribution in [2.24, 2.45) is 0 Å². The van der Waals surface area contributed by atoms with Gasteiger partial charge in [0.15, 0.2) is 0 Å². The van der Waals surface area contributed by atoms with E-state index < -0.39 is 0 Å². The first-order valence-electron chi connectivity index (χ1n) is 8.68. The maximum Gasteiger partial charge on any atom is 0.319 e. The lowest BCUT2D eigenvalue weighted by Crippen LogP contribution is -2.31. The summed E-state index contributed by atoms with van der Waals surface area (Å²) in [6.45, 7) is 1.71. The number of thioether (sulfide) groups is 1. The van der Waals surface area contributed by atoms with Crippen LogP contribution in [0.2, 0.25) is 0 Å². The van der Waals surface area contributed by atoms with Gasteiger partial charge in [-0.3, -0.25) is 4.79 Å². The van der Waals surface area contributed by atoms with Gasteiger partial charge in [-0.1, -0.05) is 18.2 Å². The fraction of sp³-hybridized carbons (Fsp3) is 0.300. The van der Waals surface area contributed by atoms with Crippen LogP contribution in [0.5, 0.6) is 0 Å². The van der Waals surface area contributed by atoms with Crippen molar-refractivity contribution in [2.75, 3.05) is 38.8 Å². The molecule has 3 amide bonds. The summed E-state index contributed by atoms with van der Waals surface area (Å²) < 4.78 is 0. The lowest BCUT2D eigenvalue weighted by molar-refractivity contribution is 0.0951.